The lowest BCUT2D eigenvalue weighted by molar-refractivity contribution is 0.0134. The Morgan fingerprint density at radius 3 is 2.32 bits per heavy atom. The van der Waals surface area contributed by atoms with Crippen LogP contribution in [0.2, 0.25) is 0 Å². The Morgan fingerprint density at radius 2 is 1.65 bits per heavy atom. The van der Waals surface area contributed by atoms with Gasteiger partial charge in [0.25, 0.3) is 5.56 Å². The van der Waals surface area contributed by atoms with Crippen LogP contribution >= 0.6 is 11.8 Å². The average Bonchev–Trinajstić information content (AvgIpc) is 3.19. The van der Waals surface area contributed by atoms with E-state index in [2.05, 4.69) is 4.98 Å². The van der Waals surface area contributed by atoms with Crippen LogP contribution in [0.1, 0.15) is 28.5 Å². The number of aromatic amines is 1. The van der Waals surface area contributed by atoms with Gasteiger partial charge in [-0.05, 0) is 18.1 Å². The minimum Gasteiger partial charge on any atom is -0.376 e. The van der Waals surface area contributed by atoms with E-state index in [4.69, 9.17) is 9.47 Å². The molecule has 2 aromatic carbocycles. The van der Waals surface area contributed by atoms with E-state index in [1.54, 1.807) is 29.4 Å². The molecule has 3 aromatic rings. The summed E-state index contributed by atoms with van der Waals surface area (Å²) in [5, 5.41) is -0.0364. The average molecular weight is 439 g/mol. The molecule has 0 spiro atoms. The van der Waals surface area contributed by atoms with E-state index in [-0.39, 0.29) is 28.0 Å². The van der Waals surface area contributed by atoms with Crippen LogP contribution < -0.4 is 11.2 Å². The Bertz CT molecular complexity index is 1100. The maximum absolute atomic E-state index is 12.4. The summed E-state index contributed by atoms with van der Waals surface area (Å²) in [4.78, 5) is 26.5. The molecule has 1 N–H and O–H groups in total. The Morgan fingerprint density at radius 1 is 1.00 bits per heavy atom. The zero-order chi connectivity index (χ0) is 21.6. The minimum atomic E-state index is -0.388. The summed E-state index contributed by atoms with van der Waals surface area (Å²) < 4.78 is 13.9. The second kappa shape index (κ2) is 10.1. The summed E-state index contributed by atoms with van der Waals surface area (Å²) in [6, 6.07) is 20.1. The second-order valence-electron chi connectivity index (χ2n) is 7.68. The van der Waals surface area contributed by atoms with Gasteiger partial charge in [-0.15, -0.1) is 11.8 Å². The first-order valence-corrected chi connectivity index (χ1v) is 11.3. The fourth-order valence-electron chi connectivity index (χ4n) is 3.64. The van der Waals surface area contributed by atoms with Crippen LogP contribution in [0.3, 0.4) is 0 Å². The molecule has 1 fully saturated rings. The first-order chi connectivity index (χ1) is 15.1. The molecular weight excluding hydrogens is 412 g/mol. The molecular formula is C24H26N2O4S. The van der Waals surface area contributed by atoms with Crippen LogP contribution in [0.15, 0.2) is 76.4 Å². The Labute approximate surface area is 185 Å². The van der Waals surface area contributed by atoms with Crippen molar-refractivity contribution in [1.29, 1.82) is 0 Å². The molecule has 4 rings (SSSR count). The van der Waals surface area contributed by atoms with Gasteiger partial charge in [-0.1, -0.05) is 60.7 Å². The van der Waals surface area contributed by atoms with Gasteiger partial charge in [0.1, 0.15) is 0 Å². The lowest BCUT2D eigenvalue weighted by atomic mass is 10.1. The standard InChI is InChI=1S/C24H26N2O4S/c1-17-13-26(24(28)25-23(17)27)22-12-20(30-15-19-10-6-3-7-11-19)21(31-22)16-29-14-18-8-4-2-5-9-18/h2-11,13,20-22H,12,14-16H2,1H3,(H,25,27,28)/t20-,21+,22-/m0/s1. The summed E-state index contributed by atoms with van der Waals surface area (Å²) >= 11 is 1.66. The van der Waals surface area contributed by atoms with Crippen molar-refractivity contribution in [2.24, 2.45) is 0 Å². The molecule has 0 unspecified atom stereocenters. The van der Waals surface area contributed by atoms with E-state index in [0.29, 0.717) is 31.8 Å². The number of thioether (sulfide) groups is 1. The third kappa shape index (κ3) is 5.55. The van der Waals surface area contributed by atoms with E-state index >= 15 is 0 Å². The van der Waals surface area contributed by atoms with Crippen LogP contribution in [0.4, 0.5) is 0 Å². The molecule has 0 aliphatic carbocycles. The summed E-state index contributed by atoms with van der Waals surface area (Å²) in [6.45, 7) is 3.27. The number of rotatable bonds is 8. The van der Waals surface area contributed by atoms with E-state index in [9.17, 15) is 9.59 Å². The van der Waals surface area contributed by atoms with E-state index in [1.165, 1.54) is 0 Å². The lowest BCUT2D eigenvalue weighted by Crippen LogP contribution is -2.32. The van der Waals surface area contributed by atoms with Gasteiger partial charge in [0.15, 0.2) is 0 Å². The smallest absolute Gasteiger partial charge is 0.329 e. The van der Waals surface area contributed by atoms with Crippen molar-refractivity contribution in [2.45, 2.75) is 43.3 Å². The highest BCUT2D eigenvalue weighted by molar-refractivity contribution is 8.00. The molecule has 0 bridgehead atoms. The van der Waals surface area contributed by atoms with E-state index in [0.717, 1.165) is 11.1 Å². The predicted molar refractivity (Wildman–Crippen MR) is 122 cm³/mol. The summed E-state index contributed by atoms with van der Waals surface area (Å²) in [6.07, 6.45) is 2.24. The molecule has 0 radical (unpaired) electrons. The molecule has 7 heteroatoms. The molecule has 0 saturated carbocycles. The third-order valence-electron chi connectivity index (χ3n) is 5.34. The molecule has 3 atom stereocenters. The number of nitrogens with zero attached hydrogens (tertiary/aromatic N) is 1. The van der Waals surface area contributed by atoms with Crippen molar-refractivity contribution in [3.05, 3.63) is 104 Å². The highest BCUT2D eigenvalue weighted by Crippen LogP contribution is 2.42. The van der Waals surface area contributed by atoms with Crippen molar-refractivity contribution >= 4 is 11.8 Å². The number of aromatic nitrogens is 2. The van der Waals surface area contributed by atoms with Crippen LogP contribution in [0, 0.1) is 6.92 Å². The summed E-state index contributed by atoms with van der Waals surface area (Å²) in [5.74, 6) is 0. The van der Waals surface area contributed by atoms with Gasteiger partial charge < -0.3 is 9.47 Å². The minimum absolute atomic E-state index is 0.0647. The Hall–Kier alpha value is -2.61. The number of benzene rings is 2. The van der Waals surface area contributed by atoms with Gasteiger partial charge in [-0.3, -0.25) is 14.3 Å². The van der Waals surface area contributed by atoms with Crippen LogP contribution in [0.25, 0.3) is 0 Å². The molecule has 1 aromatic heterocycles. The summed E-state index contributed by atoms with van der Waals surface area (Å²) in [5.41, 5.74) is 2.02. The Balaban J connectivity index is 1.46. The number of hydrogen-bond donors (Lipinski definition) is 1. The largest absolute Gasteiger partial charge is 0.376 e. The number of H-pyrrole nitrogens is 1. The van der Waals surface area contributed by atoms with Crippen molar-refractivity contribution in [3.8, 4) is 0 Å². The summed E-state index contributed by atoms with van der Waals surface area (Å²) in [7, 11) is 0. The monoisotopic (exact) mass is 438 g/mol. The zero-order valence-electron chi connectivity index (χ0n) is 17.4. The van der Waals surface area contributed by atoms with Crippen molar-refractivity contribution in [2.75, 3.05) is 6.61 Å². The van der Waals surface area contributed by atoms with Crippen LogP contribution in [-0.2, 0) is 22.7 Å². The molecule has 2 heterocycles. The van der Waals surface area contributed by atoms with Gasteiger partial charge in [0, 0.05) is 18.2 Å². The Kier molecular flexibility index (Phi) is 7.06. The number of ether oxygens (including phenoxy) is 2. The van der Waals surface area contributed by atoms with Crippen LogP contribution in [0.5, 0.6) is 0 Å². The van der Waals surface area contributed by atoms with E-state index in [1.807, 2.05) is 60.7 Å². The molecule has 162 valence electrons. The number of hydrogen-bond acceptors (Lipinski definition) is 5. The maximum atomic E-state index is 12.4. The van der Waals surface area contributed by atoms with Gasteiger partial charge in [0.05, 0.1) is 36.5 Å². The molecule has 6 nitrogen and oxygen atoms in total. The number of aryl methyl sites for hydroxylation is 1. The lowest BCUT2D eigenvalue weighted by Gasteiger charge is -2.19. The van der Waals surface area contributed by atoms with Gasteiger partial charge in [-0.25, -0.2) is 4.79 Å². The highest BCUT2D eigenvalue weighted by atomic mass is 32.2. The third-order valence-corrected chi connectivity index (χ3v) is 6.86. The van der Waals surface area contributed by atoms with Crippen molar-refractivity contribution < 1.29 is 9.47 Å². The normalized spacial score (nSPS) is 20.7. The molecule has 31 heavy (non-hydrogen) atoms. The van der Waals surface area contributed by atoms with Crippen LogP contribution in [-0.4, -0.2) is 27.5 Å². The number of nitrogens with one attached hydrogen (secondary N) is 1. The topological polar surface area (TPSA) is 73.3 Å². The van der Waals surface area contributed by atoms with Gasteiger partial charge >= 0.3 is 5.69 Å². The first-order valence-electron chi connectivity index (χ1n) is 10.3. The van der Waals surface area contributed by atoms with Gasteiger partial charge in [-0.2, -0.15) is 0 Å². The zero-order valence-corrected chi connectivity index (χ0v) is 18.2. The first kappa shape index (κ1) is 21.6. The molecule has 0 amide bonds. The molecule has 1 aliphatic heterocycles. The SMILES string of the molecule is Cc1cn([C@@H]2C[C@H](OCc3ccccc3)[C@@H](COCc3ccccc3)S2)c(=O)[nH]c1=O. The fraction of sp³-hybridized carbons (Fsp3) is 0.333. The predicted octanol–water partition coefficient (Wildman–Crippen LogP) is 3.65. The van der Waals surface area contributed by atoms with Gasteiger partial charge in [0.2, 0.25) is 0 Å². The second-order valence-corrected chi connectivity index (χ2v) is 9.10. The van der Waals surface area contributed by atoms with E-state index < -0.39 is 0 Å². The highest BCUT2D eigenvalue weighted by Gasteiger charge is 2.37. The fourth-order valence-corrected chi connectivity index (χ4v) is 5.17. The quantitative estimate of drug-likeness (QED) is 0.581. The van der Waals surface area contributed by atoms with Crippen molar-refractivity contribution in [3.63, 3.8) is 0 Å². The van der Waals surface area contributed by atoms with Crippen molar-refractivity contribution in [1.82, 2.24) is 9.55 Å². The molecule has 1 aliphatic rings. The molecule has 1 saturated heterocycles. The maximum Gasteiger partial charge on any atom is 0.329 e.